The Morgan fingerprint density at radius 2 is 2.00 bits per heavy atom. The van der Waals surface area contributed by atoms with Crippen LogP contribution in [0.25, 0.3) is 0 Å². The Morgan fingerprint density at radius 1 is 1.37 bits per heavy atom. The molecule has 0 bridgehead atoms. The lowest BCUT2D eigenvalue weighted by molar-refractivity contribution is 0.101. The van der Waals surface area contributed by atoms with Gasteiger partial charge in [0.1, 0.15) is 0 Å². The quantitative estimate of drug-likeness (QED) is 0.634. The molecule has 0 fully saturated rings. The largest absolute Gasteiger partial charge is 0.295 e. The van der Waals surface area contributed by atoms with Gasteiger partial charge in [-0.25, -0.2) is 0 Å². The lowest BCUT2D eigenvalue weighted by Crippen LogP contribution is -1.96. The van der Waals surface area contributed by atoms with Gasteiger partial charge in [0.25, 0.3) is 0 Å². The van der Waals surface area contributed by atoms with Gasteiger partial charge in [0.15, 0.2) is 5.78 Å². The van der Waals surface area contributed by atoms with Crippen LogP contribution in [0.4, 0.5) is 0 Å². The number of carbonyl (C=O) groups excluding carboxylic acids is 1. The number of rotatable bonds is 4. The van der Waals surface area contributed by atoms with E-state index in [2.05, 4.69) is 5.10 Å². The molecule has 0 aliphatic heterocycles. The number of ketones is 1. The summed E-state index contributed by atoms with van der Waals surface area (Å²) in [4.78, 5) is 12.3. The highest BCUT2D eigenvalue weighted by Crippen LogP contribution is 2.28. The van der Waals surface area contributed by atoms with Crippen LogP contribution in [0.1, 0.15) is 28.7 Å². The lowest BCUT2D eigenvalue weighted by Gasteiger charge is -2.04. The number of benzene rings is 1. The Bertz CT molecular complexity index is 605. The average molecular weight is 295 g/mol. The maximum absolute atomic E-state index is 11.2. The van der Waals surface area contributed by atoms with Crippen molar-refractivity contribution in [1.29, 1.82) is 0 Å². The summed E-state index contributed by atoms with van der Waals surface area (Å²) >= 11 is 7.88. The number of carbonyl (C=O) groups is 1. The topological polar surface area (TPSA) is 34.9 Å². The molecule has 19 heavy (non-hydrogen) atoms. The lowest BCUT2D eigenvalue weighted by atomic mass is 10.2. The van der Waals surface area contributed by atoms with Crippen molar-refractivity contribution in [3.8, 4) is 0 Å². The second-order valence-electron chi connectivity index (χ2n) is 4.34. The van der Waals surface area contributed by atoms with E-state index in [0.717, 1.165) is 32.6 Å². The van der Waals surface area contributed by atoms with Gasteiger partial charge in [-0.3, -0.25) is 9.48 Å². The molecule has 3 nitrogen and oxygen atoms in total. The number of aromatic nitrogens is 2. The van der Waals surface area contributed by atoms with Gasteiger partial charge < -0.3 is 0 Å². The van der Waals surface area contributed by atoms with Crippen molar-refractivity contribution in [2.45, 2.75) is 24.5 Å². The number of hydrogen-bond acceptors (Lipinski definition) is 3. The number of Topliss-reactive ketones (excluding diaryl/α,β-unsaturated/α-hetero) is 1. The number of halogens is 1. The van der Waals surface area contributed by atoms with E-state index in [1.54, 1.807) is 18.7 Å². The van der Waals surface area contributed by atoms with E-state index in [0.29, 0.717) is 0 Å². The van der Waals surface area contributed by atoms with Crippen LogP contribution < -0.4 is 0 Å². The zero-order valence-corrected chi connectivity index (χ0v) is 12.7. The summed E-state index contributed by atoms with van der Waals surface area (Å²) in [5, 5.41) is 5.02. The smallest absolute Gasteiger partial charge is 0.159 e. The van der Waals surface area contributed by atoms with Crippen molar-refractivity contribution in [1.82, 2.24) is 9.78 Å². The molecule has 0 aliphatic carbocycles. The molecule has 2 rings (SSSR count). The molecule has 1 heterocycles. The molecule has 100 valence electrons. The van der Waals surface area contributed by atoms with Gasteiger partial charge in [0.05, 0.1) is 16.4 Å². The summed E-state index contributed by atoms with van der Waals surface area (Å²) in [6, 6.07) is 7.61. The molecule has 0 spiro atoms. The monoisotopic (exact) mass is 294 g/mol. The highest BCUT2D eigenvalue weighted by atomic mass is 35.5. The maximum atomic E-state index is 11.2. The van der Waals surface area contributed by atoms with Crippen molar-refractivity contribution in [2.24, 2.45) is 7.05 Å². The Hall–Kier alpha value is -1.26. The zero-order valence-electron chi connectivity index (χ0n) is 11.1. The first kappa shape index (κ1) is 14.2. The van der Waals surface area contributed by atoms with E-state index in [1.165, 1.54) is 0 Å². The molecule has 0 N–H and O–H groups in total. The van der Waals surface area contributed by atoms with E-state index < -0.39 is 0 Å². The van der Waals surface area contributed by atoms with Gasteiger partial charge in [0.2, 0.25) is 0 Å². The van der Waals surface area contributed by atoms with Crippen molar-refractivity contribution >= 4 is 29.1 Å². The van der Waals surface area contributed by atoms with Crippen LogP contribution in [0.5, 0.6) is 0 Å². The van der Waals surface area contributed by atoms with Crippen LogP contribution in [0.2, 0.25) is 5.02 Å². The van der Waals surface area contributed by atoms with Crippen LogP contribution in [0.3, 0.4) is 0 Å². The minimum absolute atomic E-state index is 0.0850. The summed E-state index contributed by atoms with van der Waals surface area (Å²) in [7, 11) is 1.90. The molecular weight excluding hydrogens is 280 g/mol. The summed E-state index contributed by atoms with van der Waals surface area (Å²) in [5.74, 6) is 0.845. The highest BCUT2D eigenvalue weighted by molar-refractivity contribution is 7.98. The first-order valence-corrected chi connectivity index (χ1v) is 7.27. The Balaban J connectivity index is 2.08. The molecule has 0 radical (unpaired) electrons. The highest BCUT2D eigenvalue weighted by Gasteiger charge is 2.11. The molecular formula is C14H15ClN2OS. The van der Waals surface area contributed by atoms with Crippen LogP contribution in [-0.4, -0.2) is 15.6 Å². The first-order chi connectivity index (χ1) is 8.99. The molecule has 2 aromatic rings. The fourth-order valence-electron chi connectivity index (χ4n) is 1.77. The van der Waals surface area contributed by atoms with E-state index in [-0.39, 0.29) is 5.78 Å². The number of hydrogen-bond donors (Lipinski definition) is 0. The van der Waals surface area contributed by atoms with Crippen LogP contribution in [0, 0.1) is 6.92 Å². The summed E-state index contributed by atoms with van der Waals surface area (Å²) < 4.78 is 1.81. The van der Waals surface area contributed by atoms with Gasteiger partial charge in [-0.2, -0.15) is 5.10 Å². The van der Waals surface area contributed by atoms with Gasteiger partial charge in [-0.15, -0.1) is 11.8 Å². The zero-order chi connectivity index (χ0) is 14.0. The van der Waals surface area contributed by atoms with Crippen molar-refractivity contribution < 1.29 is 4.79 Å². The van der Waals surface area contributed by atoms with Gasteiger partial charge in [-0.1, -0.05) is 23.7 Å². The number of nitrogens with zero attached hydrogens (tertiary/aromatic N) is 2. The van der Waals surface area contributed by atoms with E-state index in [9.17, 15) is 4.79 Å². The van der Waals surface area contributed by atoms with Crippen LogP contribution in [0.15, 0.2) is 29.2 Å². The third-order valence-corrected chi connectivity index (χ3v) is 4.41. The van der Waals surface area contributed by atoms with E-state index >= 15 is 0 Å². The molecule has 0 saturated carbocycles. The molecule has 5 heteroatoms. The van der Waals surface area contributed by atoms with Crippen LogP contribution >= 0.6 is 23.4 Å². The van der Waals surface area contributed by atoms with Gasteiger partial charge in [0, 0.05) is 23.3 Å². The summed E-state index contributed by atoms with van der Waals surface area (Å²) in [6.07, 6.45) is 0. The van der Waals surface area contributed by atoms with Crippen LogP contribution in [-0.2, 0) is 12.8 Å². The van der Waals surface area contributed by atoms with Gasteiger partial charge in [-0.05, 0) is 26.0 Å². The molecule has 0 atom stereocenters. The van der Waals surface area contributed by atoms with E-state index in [1.807, 2.05) is 42.9 Å². The maximum Gasteiger partial charge on any atom is 0.159 e. The minimum Gasteiger partial charge on any atom is -0.295 e. The van der Waals surface area contributed by atoms with E-state index in [4.69, 9.17) is 11.6 Å². The van der Waals surface area contributed by atoms with Gasteiger partial charge >= 0.3 is 0 Å². The summed E-state index contributed by atoms with van der Waals surface area (Å²) in [6.45, 7) is 3.47. The molecule has 0 amide bonds. The second-order valence-corrected chi connectivity index (χ2v) is 5.77. The molecule has 1 aromatic carbocycles. The fraction of sp³-hybridized carbons (Fsp3) is 0.286. The molecule has 1 aromatic heterocycles. The fourth-order valence-corrected chi connectivity index (χ4v) is 3.04. The standard InChI is InChI=1S/C14H15ClN2OS/c1-9-14(15)13(17(3)16-9)8-19-12-6-4-11(5-7-12)10(2)18/h4-7H,8H2,1-3H3. The van der Waals surface area contributed by atoms with Crippen molar-refractivity contribution in [2.75, 3.05) is 0 Å². The molecule has 0 saturated heterocycles. The third-order valence-electron chi connectivity index (χ3n) is 2.90. The van der Waals surface area contributed by atoms with Crippen molar-refractivity contribution in [3.05, 3.63) is 46.2 Å². The number of aryl methyl sites for hydroxylation is 2. The SMILES string of the molecule is CC(=O)c1ccc(SCc2c(Cl)c(C)nn2C)cc1. The number of thioether (sulfide) groups is 1. The van der Waals surface area contributed by atoms with Crippen molar-refractivity contribution in [3.63, 3.8) is 0 Å². The minimum atomic E-state index is 0.0850. The third kappa shape index (κ3) is 3.19. The Morgan fingerprint density at radius 3 is 2.47 bits per heavy atom. The predicted octanol–water partition coefficient (Wildman–Crippen LogP) is 3.88. The molecule has 0 unspecified atom stereocenters. The Kier molecular flexibility index (Phi) is 4.32. The average Bonchev–Trinajstić information content (AvgIpc) is 2.62. The predicted molar refractivity (Wildman–Crippen MR) is 79.0 cm³/mol. The molecule has 0 aliphatic rings. The second kappa shape index (κ2) is 5.80. The Labute approximate surface area is 122 Å². The first-order valence-electron chi connectivity index (χ1n) is 5.91. The summed E-state index contributed by atoms with van der Waals surface area (Å²) in [5.41, 5.74) is 2.60. The normalized spacial score (nSPS) is 10.7.